The number of esters is 2. The Morgan fingerprint density at radius 2 is 1.40 bits per heavy atom. The zero-order valence-electron chi connectivity index (χ0n) is 13.2. The van der Waals surface area contributed by atoms with Crippen LogP contribution in [0.25, 0.3) is 0 Å². The van der Waals surface area contributed by atoms with Gasteiger partial charge in [0.2, 0.25) is 0 Å². The van der Waals surface area contributed by atoms with Crippen molar-refractivity contribution in [2.45, 2.75) is 71.8 Å². The minimum absolute atomic E-state index is 0.0944. The molecule has 0 heterocycles. The highest BCUT2D eigenvalue weighted by molar-refractivity contribution is 5.70. The van der Waals surface area contributed by atoms with Crippen LogP contribution in [0.2, 0.25) is 0 Å². The van der Waals surface area contributed by atoms with E-state index in [9.17, 15) is 9.59 Å². The molecule has 0 aromatic rings. The van der Waals surface area contributed by atoms with E-state index in [0.29, 0.717) is 31.3 Å². The van der Waals surface area contributed by atoms with Crippen LogP contribution in [0.15, 0.2) is 0 Å². The molecule has 1 aliphatic rings. The predicted molar refractivity (Wildman–Crippen MR) is 77.2 cm³/mol. The van der Waals surface area contributed by atoms with Crippen LogP contribution in [0.4, 0.5) is 0 Å². The lowest BCUT2D eigenvalue weighted by Gasteiger charge is -2.28. The van der Waals surface area contributed by atoms with Crippen LogP contribution in [0.5, 0.6) is 0 Å². The van der Waals surface area contributed by atoms with Gasteiger partial charge in [-0.25, -0.2) is 0 Å². The van der Waals surface area contributed by atoms with E-state index in [0.717, 1.165) is 25.7 Å². The molecule has 0 bridgehead atoms. The molecule has 0 radical (unpaired) electrons. The van der Waals surface area contributed by atoms with E-state index >= 15 is 0 Å². The summed E-state index contributed by atoms with van der Waals surface area (Å²) in [5.74, 6) is 0.627. The molecule has 0 saturated heterocycles. The Bertz CT molecular complexity index is 322. The Hall–Kier alpha value is -1.06. The van der Waals surface area contributed by atoms with Crippen molar-refractivity contribution in [2.75, 3.05) is 6.61 Å². The van der Waals surface area contributed by atoms with Gasteiger partial charge < -0.3 is 9.47 Å². The van der Waals surface area contributed by atoms with Gasteiger partial charge >= 0.3 is 11.9 Å². The van der Waals surface area contributed by atoms with Crippen molar-refractivity contribution in [1.82, 2.24) is 0 Å². The summed E-state index contributed by atoms with van der Waals surface area (Å²) in [6.07, 6.45) is 5.04. The summed E-state index contributed by atoms with van der Waals surface area (Å²) in [5, 5.41) is 0. The van der Waals surface area contributed by atoms with Gasteiger partial charge in [0.05, 0.1) is 6.61 Å². The van der Waals surface area contributed by atoms with E-state index < -0.39 is 5.60 Å². The van der Waals surface area contributed by atoms with E-state index in [-0.39, 0.29) is 11.9 Å². The summed E-state index contributed by atoms with van der Waals surface area (Å²) in [5.41, 5.74) is -0.405. The average molecular weight is 284 g/mol. The lowest BCUT2D eigenvalue weighted by atomic mass is 9.79. The maximum Gasteiger partial charge on any atom is 0.306 e. The highest BCUT2D eigenvalue weighted by Crippen LogP contribution is 2.33. The zero-order valence-corrected chi connectivity index (χ0v) is 13.2. The third-order valence-corrected chi connectivity index (χ3v) is 3.60. The van der Waals surface area contributed by atoms with Gasteiger partial charge in [0, 0.05) is 12.8 Å². The molecule has 0 aromatic carbocycles. The first-order valence-corrected chi connectivity index (χ1v) is 7.67. The van der Waals surface area contributed by atoms with Crippen LogP contribution in [-0.2, 0) is 19.1 Å². The van der Waals surface area contributed by atoms with E-state index in [1.165, 1.54) is 0 Å². The number of carbonyl (C=O) groups is 2. The Balaban J connectivity index is 2.25. The van der Waals surface area contributed by atoms with Gasteiger partial charge in [-0.3, -0.25) is 9.59 Å². The molecular weight excluding hydrogens is 256 g/mol. The van der Waals surface area contributed by atoms with Crippen LogP contribution in [-0.4, -0.2) is 24.1 Å². The number of hydrogen-bond acceptors (Lipinski definition) is 4. The third-order valence-electron chi connectivity index (χ3n) is 3.60. The standard InChI is InChI=1S/C16H28O4/c1-5-19-14(17)10-12-6-8-13(9-7-12)11-15(18)20-16(2,3)4/h12-13H,5-11H2,1-4H3. The second-order valence-electron chi connectivity index (χ2n) is 6.69. The Morgan fingerprint density at radius 3 is 1.80 bits per heavy atom. The SMILES string of the molecule is CCOC(=O)CC1CCC(CC(=O)OC(C)(C)C)CC1. The smallest absolute Gasteiger partial charge is 0.306 e. The van der Waals surface area contributed by atoms with Crippen LogP contribution >= 0.6 is 0 Å². The van der Waals surface area contributed by atoms with Crippen molar-refractivity contribution in [3.63, 3.8) is 0 Å². The van der Waals surface area contributed by atoms with Crippen LogP contribution < -0.4 is 0 Å². The molecule has 0 aromatic heterocycles. The van der Waals surface area contributed by atoms with Crippen molar-refractivity contribution in [3.05, 3.63) is 0 Å². The van der Waals surface area contributed by atoms with Crippen LogP contribution in [0.3, 0.4) is 0 Å². The first-order valence-electron chi connectivity index (χ1n) is 7.67. The molecule has 4 heteroatoms. The topological polar surface area (TPSA) is 52.6 Å². The molecular formula is C16H28O4. The minimum atomic E-state index is -0.405. The molecule has 4 nitrogen and oxygen atoms in total. The molecule has 116 valence electrons. The van der Waals surface area contributed by atoms with E-state index in [1.54, 1.807) is 0 Å². The van der Waals surface area contributed by atoms with E-state index in [1.807, 2.05) is 27.7 Å². The fourth-order valence-electron chi connectivity index (χ4n) is 2.71. The van der Waals surface area contributed by atoms with Gasteiger partial charge in [-0.2, -0.15) is 0 Å². The Kier molecular flexibility index (Phi) is 6.50. The molecule has 0 amide bonds. The summed E-state index contributed by atoms with van der Waals surface area (Å²) in [6.45, 7) is 7.95. The minimum Gasteiger partial charge on any atom is -0.466 e. The largest absolute Gasteiger partial charge is 0.466 e. The quantitative estimate of drug-likeness (QED) is 0.725. The second kappa shape index (κ2) is 7.65. The predicted octanol–water partition coefficient (Wildman–Crippen LogP) is 3.48. The van der Waals surface area contributed by atoms with E-state index in [2.05, 4.69) is 0 Å². The Labute approximate surface area is 122 Å². The lowest BCUT2D eigenvalue weighted by molar-refractivity contribution is -0.156. The summed E-state index contributed by atoms with van der Waals surface area (Å²) in [7, 11) is 0. The highest BCUT2D eigenvalue weighted by Gasteiger charge is 2.26. The summed E-state index contributed by atoms with van der Waals surface area (Å²) >= 11 is 0. The van der Waals surface area contributed by atoms with Crippen molar-refractivity contribution < 1.29 is 19.1 Å². The molecule has 1 aliphatic carbocycles. The normalized spacial score (nSPS) is 23.2. The molecule has 0 unspecified atom stereocenters. The molecule has 1 fully saturated rings. The van der Waals surface area contributed by atoms with Crippen molar-refractivity contribution in [3.8, 4) is 0 Å². The van der Waals surface area contributed by atoms with Crippen molar-refractivity contribution in [1.29, 1.82) is 0 Å². The first kappa shape index (κ1) is 17.0. The monoisotopic (exact) mass is 284 g/mol. The first-order chi connectivity index (χ1) is 9.30. The number of hydrogen-bond donors (Lipinski definition) is 0. The zero-order chi connectivity index (χ0) is 15.2. The van der Waals surface area contributed by atoms with Gasteiger partial charge in [-0.15, -0.1) is 0 Å². The number of rotatable bonds is 5. The number of ether oxygens (including phenoxy) is 2. The Morgan fingerprint density at radius 1 is 0.950 bits per heavy atom. The molecule has 0 atom stereocenters. The van der Waals surface area contributed by atoms with Gasteiger partial charge in [-0.1, -0.05) is 0 Å². The van der Waals surface area contributed by atoms with Gasteiger partial charge in [0.25, 0.3) is 0 Å². The summed E-state index contributed by atoms with van der Waals surface area (Å²) in [6, 6.07) is 0. The maximum absolute atomic E-state index is 11.8. The second-order valence-corrected chi connectivity index (χ2v) is 6.69. The van der Waals surface area contributed by atoms with Crippen molar-refractivity contribution in [2.24, 2.45) is 11.8 Å². The fraction of sp³-hybridized carbons (Fsp3) is 0.875. The molecule has 1 saturated carbocycles. The maximum atomic E-state index is 11.8. The highest BCUT2D eigenvalue weighted by atomic mass is 16.6. The van der Waals surface area contributed by atoms with E-state index in [4.69, 9.17) is 9.47 Å². The molecule has 0 N–H and O–H groups in total. The van der Waals surface area contributed by atoms with Crippen LogP contribution in [0, 0.1) is 11.8 Å². The molecule has 20 heavy (non-hydrogen) atoms. The molecule has 1 rings (SSSR count). The summed E-state index contributed by atoms with van der Waals surface area (Å²) in [4.78, 5) is 23.2. The lowest BCUT2D eigenvalue weighted by Crippen LogP contribution is -2.26. The van der Waals surface area contributed by atoms with Crippen molar-refractivity contribution >= 4 is 11.9 Å². The van der Waals surface area contributed by atoms with Gasteiger partial charge in [0.1, 0.15) is 5.60 Å². The molecule has 0 spiro atoms. The van der Waals surface area contributed by atoms with Gasteiger partial charge in [0.15, 0.2) is 0 Å². The average Bonchev–Trinajstić information content (AvgIpc) is 2.29. The fourth-order valence-corrected chi connectivity index (χ4v) is 2.71. The van der Waals surface area contributed by atoms with Gasteiger partial charge in [-0.05, 0) is 65.2 Å². The summed E-state index contributed by atoms with van der Waals surface area (Å²) < 4.78 is 10.3. The van der Waals surface area contributed by atoms with Crippen LogP contribution in [0.1, 0.15) is 66.2 Å². The molecule has 0 aliphatic heterocycles. The number of carbonyl (C=O) groups excluding carboxylic acids is 2. The third kappa shape index (κ3) is 6.92.